The van der Waals surface area contributed by atoms with Gasteiger partial charge in [0.15, 0.2) is 0 Å². The van der Waals surface area contributed by atoms with Crippen LogP contribution in [0.1, 0.15) is 21.7 Å². The van der Waals surface area contributed by atoms with Gasteiger partial charge in [-0.3, -0.25) is 9.59 Å². The molecule has 0 unspecified atom stereocenters. The molecule has 1 N–H and O–H groups in total. The number of fused-ring (bicyclic) bond motifs is 1. The number of furan rings is 1. The predicted molar refractivity (Wildman–Crippen MR) is 108 cm³/mol. The van der Waals surface area contributed by atoms with Gasteiger partial charge in [0.1, 0.15) is 5.76 Å². The summed E-state index contributed by atoms with van der Waals surface area (Å²) >= 11 is 6.04. The number of pyridine rings is 1. The largest absolute Gasteiger partial charge is 0.467 e. The minimum atomic E-state index is -0.230. The third kappa shape index (κ3) is 3.85. The number of benzene rings is 2. The average Bonchev–Trinajstić information content (AvgIpc) is 3.20. The Morgan fingerprint density at radius 1 is 1.00 bits per heavy atom. The number of nitrogens with zero attached hydrogens (tertiary/aromatic N) is 1. The molecule has 2 aromatic heterocycles. The summed E-state index contributed by atoms with van der Waals surface area (Å²) in [7, 11) is 0. The number of H-pyrrole nitrogens is 1. The summed E-state index contributed by atoms with van der Waals surface area (Å²) in [4.78, 5) is 30.1. The lowest BCUT2D eigenvalue weighted by Gasteiger charge is -2.22. The summed E-state index contributed by atoms with van der Waals surface area (Å²) in [6.45, 7) is 0.386. The lowest BCUT2D eigenvalue weighted by molar-refractivity contribution is 0.0717. The summed E-state index contributed by atoms with van der Waals surface area (Å²) in [6, 6.07) is 19.7. The Morgan fingerprint density at radius 2 is 1.86 bits per heavy atom. The quantitative estimate of drug-likeness (QED) is 0.539. The molecule has 0 aliphatic rings. The first-order valence-corrected chi connectivity index (χ1v) is 9.16. The number of amides is 1. The molecule has 4 aromatic rings. The summed E-state index contributed by atoms with van der Waals surface area (Å²) in [6.07, 6.45) is 1.56. The number of rotatable bonds is 5. The van der Waals surface area contributed by atoms with E-state index in [4.69, 9.17) is 16.0 Å². The number of hydrogen-bond donors (Lipinski definition) is 1. The first-order chi connectivity index (χ1) is 13.6. The lowest BCUT2D eigenvalue weighted by Crippen LogP contribution is -2.32. The lowest BCUT2D eigenvalue weighted by atomic mass is 10.1. The van der Waals surface area contributed by atoms with Crippen LogP contribution >= 0.6 is 11.6 Å². The van der Waals surface area contributed by atoms with Crippen LogP contribution in [0.4, 0.5) is 0 Å². The first-order valence-electron chi connectivity index (χ1n) is 8.78. The van der Waals surface area contributed by atoms with Crippen LogP contribution in [-0.2, 0) is 13.1 Å². The van der Waals surface area contributed by atoms with E-state index in [9.17, 15) is 9.59 Å². The molecule has 5 nitrogen and oxygen atoms in total. The van der Waals surface area contributed by atoms with Crippen molar-refractivity contribution >= 4 is 28.4 Å². The Labute approximate surface area is 166 Å². The molecular weight excluding hydrogens is 376 g/mol. The molecule has 0 fully saturated rings. The van der Waals surface area contributed by atoms with E-state index in [1.807, 2.05) is 30.3 Å². The van der Waals surface area contributed by atoms with Crippen LogP contribution < -0.4 is 5.56 Å². The number of para-hydroxylation sites is 1. The van der Waals surface area contributed by atoms with Crippen molar-refractivity contribution in [3.05, 3.63) is 105 Å². The van der Waals surface area contributed by atoms with Gasteiger partial charge in [0.05, 0.1) is 19.4 Å². The third-order valence-corrected chi connectivity index (χ3v) is 4.71. The van der Waals surface area contributed by atoms with Crippen molar-refractivity contribution in [2.45, 2.75) is 13.1 Å². The zero-order valence-corrected chi connectivity index (χ0v) is 15.6. The number of nitrogens with one attached hydrogen (secondary N) is 1. The van der Waals surface area contributed by atoms with E-state index in [-0.39, 0.29) is 24.6 Å². The molecule has 0 saturated heterocycles. The Hall–Kier alpha value is -3.31. The molecule has 0 bridgehead atoms. The van der Waals surface area contributed by atoms with E-state index in [0.29, 0.717) is 21.9 Å². The van der Waals surface area contributed by atoms with Crippen LogP contribution in [0, 0.1) is 0 Å². The molecule has 140 valence electrons. The molecule has 0 radical (unpaired) electrons. The van der Waals surface area contributed by atoms with Crippen LogP contribution in [-0.4, -0.2) is 15.8 Å². The van der Waals surface area contributed by atoms with Gasteiger partial charge in [-0.05, 0) is 47.9 Å². The highest BCUT2D eigenvalue weighted by Gasteiger charge is 2.19. The van der Waals surface area contributed by atoms with Gasteiger partial charge in [-0.15, -0.1) is 0 Å². The van der Waals surface area contributed by atoms with E-state index >= 15 is 0 Å². The number of aromatic nitrogens is 1. The fourth-order valence-electron chi connectivity index (χ4n) is 3.11. The predicted octanol–water partition coefficient (Wildman–Crippen LogP) is 4.62. The Kier molecular flexibility index (Phi) is 5.00. The van der Waals surface area contributed by atoms with Gasteiger partial charge in [-0.2, -0.15) is 0 Å². The second-order valence-corrected chi connectivity index (χ2v) is 6.90. The molecule has 2 heterocycles. The molecule has 4 rings (SSSR count). The molecule has 1 amide bonds. The van der Waals surface area contributed by atoms with Crippen molar-refractivity contribution in [1.82, 2.24) is 9.88 Å². The third-order valence-electron chi connectivity index (χ3n) is 4.48. The van der Waals surface area contributed by atoms with Crippen LogP contribution in [0.15, 0.2) is 82.2 Å². The normalized spacial score (nSPS) is 10.9. The molecule has 2 aromatic carbocycles. The molecular formula is C22H17ClN2O3. The van der Waals surface area contributed by atoms with E-state index in [2.05, 4.69) is 4.98 Å². The smallest absolute Gasteiger partial charge is 0.254 e. The Morgan fingerprint density at radius 3 is 2.64 bits per heavy atom. The first kappa shape index (κ1) is 18.1. The Bertz CT molecular complexity index is 1180. The van der Waals surface area contributed by atoms with Gasteiger partial charge < -0.3 is 14.3 Å². The van der Waals surface area contributed by atoms with E-state index in [1.165, 1.54) is 0 Å². The van der Waals surface area contributed by atoms with Crippen molar-refractivity contribution in [2.75, 3.05) is 0 Å². The highest BCUT2D eigenvalue weighted by molar-refractivity contribution is 6.30. The molecule has 0 atom stereocenters. The second kappa shape index (κ2) is 7.74. The summed E-state index contributed by atoms with van der Waals surface area (Å²) in [5.41, 5.74) is 1.49. The van der Waals surface area contributed by atoms with Crippen molar-refractivity contribution in [3.8, 4) is 0 Å². The molecule has 0 saturated carbocycles. The molecule has 0 aliphatic carbocycles. The van der Waals surface area contributed by atoms with Gasteiger partial charge in [0.25, 0.3) is 11.5 Å². The average molecular weight is 393 g/mol. The van der Waals surface area contributed by atoms with Crippen molar-refractivity contribution < 1.29 is 9.21 Å². The minimum Gasteiger partial charge on any atom is -0.467 e. The fraction of sp³-hybridized carbons (Fsp3) is 0.0909. The summed E-state index contributed by atoms with van der Waals surface area (Å²) in [5, 5.41) is 1.39. The van der Waals surface area contributed by atoms with Gasteiger partial charge in [-0.25, -0.2) is 0 Å². The van der Waals surface area contributed by atoms with Crippen molar-refractivity contribution in [1.29, 1.82) is 0 Å². The highest BCUT2D eigenvalue weighted by Crippen LogP contribution is 2.18. The van der Waals surface area contributed by atoms with Crippen molar-refractivity contribution in [3.63, 3.8) is 0 Å². The van der Waals surface area contributed by atoms with E-state index < -0.39 is 0 Å². The van der Waals surface area contributed by atoms with Gasteiger partial charge in [-0.1, -0.05) is 35.9 Å². The zero-order chi connectivity index (χ0) is 19.5. The van der Waals surface area contributed by atoms with Crippen LogP contribution in [0.3, 0.4) is 0 Å². The highest BCUT2D eigenvalue weighted by atomic mass is 35.5. The Balaban J connectivity index is 1.70. The standard InChI is InChI=1S/C22H17ClN2O3/c23-18-7-3-6-16(12-18)22(27)25(14-19-8-4-10-28-19)13-17-11-15-5-1-2-9-20(15)24-21(17)26/h1-12H,13-14H2,(H,24,26). The monoisotopic (exact) mass is 392 g/mol. The summed E-state index contributed by atoms with van der Waals surface area (Å²) in [5.74, 6) is 0.402. The zero-order valence-electron chi connectivity index (χ0n) is 14.9. The maximum Gasteiger partial charge on any atom is 0.254 e. The van der Waals surface area contributed by atoms with Gasteiger partial charge >= 0.3 is 0 Å². The number of halogens is 1. The molecule has 28 heavy (non-hydrogen) atoms. The molecule has 0 spiro atoms. The van der Waals surface area contributed by atoms with E-state index in [0.717, 1.165) is 10.9 Å². The molecule has 6 heteroatoms. The topological polar surface area (TPSA) is 66.3 Å². The molecule has 0 aliphatic heterocycles. The number of hydrogen-bond acceptors (Lipinski definition) is 3. The number of carbonyl (C=O) groups is 1. The second-order valence-electron chi connectivity index (χ2n) is 6.46. The SMILES string of the molecule is O=C(c1cccc(Cl)c1)N(Cc1ccco1)Cc1cc2ccccc2[nH]c1=O. The van der Waals surface area contributed by atoms with Crippen LogP contribution in [0.5, 0.6) is 0 Å². The number of carbonyl (C=O) groups excluding carboxylic acids is 1. The minimum absolute atomic E-state index is 0.145. The maximum atomic E-state index is 13.1. The van der Waals surface area contributed by atoms with Gasteiger partial charge in [0, 0.05) is 21.7 Å². The van der Waals surface area contributed by atoms with Crippen LogP contribution in [0.25, 0.3) is 10.9 Å². The summed E-state index contributed by atoms with van der Waals surface area (Å²) < 4.78 is 5.41. The van der Waals surface area contributed by atoms with Gasteiger partial charge in [0.2, 0.25) is 0 Å². The van der Waals surface area contributed by atoms with E-state index in [1.54, 1.807) is 47.6 Å². The fourth-order valence-corrected chi connectivity index (χ4v) is 3.30. The number of aromatic amines is 1. The van der Waals surface area contributed by atoms with Crippen molar-refractivity contribution in [2.24, 2.45) is 0 Å². The maximum absolute atomic E-state index is 13.1. The van der Waals surface area contributed by atoms with Crippen LogP contribution in [0.2, 0.25) is 5.02 Å².